The molecule has 1 nitrogen and oxygen atoms in total. The van der Waals surface area contributed by atoms with Crippen LogP contribution in [0.15, 0.2) is 0 Å². The van der Waals surface area contributed by atoms with E-state index >= 15 is 0 Å². The van der Waals surface area contributed by atoms with Gasteiger partial charge >= 0.3 is 0 Å². The van der Waals surface area contributed by atoms with E-state index in [-0.39, 0.29) is 5.92 Å². The lowest BCUT2D eigenvalue weighted by Gasteiger charge is -2.20. The van der Waals surface area contributed by atoms with Gasteiger partial charge in [0.1, 0.15) is 0 Å². The van der Waals surface area contributed by atoms with Crippen LogP contribution in [-0.2, 0) is 0 Å². The zero-order valence-electron chi connectivity index (χ0n) is 7.44. The fourth-order valence-electron chi connectivity index (χ4n) is 1.02. The Balaban J connectivity index is 3.78. The molecule has 0 bridgehead atoms. The molecule has 0 aliphatic carbocycles. The van der Waals surface area contributed by atoms with Gasteiger partial charge in [0, 0.05) is 5.92 Å². The smallest absolute Gasteiger partial charge is 0.0655 e. The minimum atomic E-state index is 0.250. The van der Waals surface area contributed by atoms with Crippen molar-refractivity contribution in [3.05, 3.63) is 0 Å². The molecule has 0 fully saturated rings. The van der Waals surface area contributed by atoms with Gasteiger partial charge in [0.25, 0.3) is 0 Å². The Morgan fingerprint density at radius 2 is 1.90 bits per heavy atom. The predicted molar refractivity (Wildman–Crippen MR) is 43.5 cm³/mol. The van der Waals surface area contributed by atoms with Crippen molar-refractivity contribution >= 4 is 0 Å². The van der Waals surface area contributed by atoms with Crippen molar-refractivity contribution in [2.45, 2.75) is 40.5 Å². The molecule has 0 heterocycles. The van der Waals surface area contributed by atoms with Crippen LogP contribution >= 0.6 is 0 Å². The Kier molecular flexibility index (Phi) is 3.42. The average molecular weight is 139 g/mol. The van der Waals surface area contributed by atoms with E-state index in [4.69, 9.17) is 5.26 Å². The van der Waals surface area contributed by atoms with E-state index in [1.165, 1.54) is 0 Å². The van der Waals surface area contributed by atoms with Crippen molar-refractivity contribution in [3.8, 4) is 6.07 Å². The van der Waals surface area contributed by atoms with Crippen LogP contribution in [0.2, 0.25) is 0 Å². The summed E-state index contributed by atoms with van der Waals surface area (Å²) < 4.78 is 0. The van der Waals surface area contributed by atoms with E-state index in [1.807, 2.05) is 0 Å². The number of nitriles is 1. The van der Waals surface area contributed by atoms with E-state index in [0.29, 0.717) is 5.41 Å². The van der Waals surface area contributed by atoms with Gasteiger partial charge in [-0.25, -0.2) is 0 Å². The van der Waals surface area contributed by atoms with Crippen LogP contribution in [0.5, 0.6) is 0 Å². The summed E-state index contributed by atoms with van der Waals surface area (Å²) in [5, 5.41) is 8.64. The number of hydrogen-bond acceptors (Lipinski definition) is 1. The standard InChI is InChI=1S/C9H17N/c1-5-8(7-10)6-9(2,3)4/h8H,5-6H2,1-4H3/t8-/m1/s1. The van der Waals surface area contributed by atoms with Crippen molar-refractivity contribution in [1.82, 2.24) is 0 Å². The van der Waals surface area contributed by atoms with E-state index in [9.17, 15) is 0 Å². The molecule has 0 spiro atoms. The zero-order chi connectivity index (χ0) is 8.20. The maximum atomic E-state index is 8.64. The minimum Gasteiger partial charge on any atom is -0.198 e. The first-order valence-corrected chi connectivity index (χ1v) is 3.89. The summed E-state index contributed by atoms with van der Waals surface area (Å²) in [6.45, 7) is 8.59. The number of hydrogen-bond donors (Lipinski definition) is 0. The lowest BCUT2D eigenvalue weighted by atomic mass is 9.84. The molecule has 58 valence electrons. The van der Waals surface area contributed by atoms with Gasteiger partial charge < -0.3 is 0 Å². The Morgan fingerprint density at radius 3 is 2.00 bits per heavy atom. The Bertz CT molecular complexity index is 125. The molecule has 0 N–H and O–H groups in total. The van der Waals surface area contributed by atoms with Gasteiger partial charge in [-0.05, 0) is 18.3 Å². The molecule has 1 atom stereocenters. The molecule has 0 amide bonds. The van der Waals surface area contributed by atoms with Gasteiger partial charge in [-0.2, -0.15) is 5.26 Å². The first-order chi connectivity index (χ1) is 4.49. The summed E-state index contributed by atoms with van der Waals surface area (Å²) in [4.78, 5) is 0. The Labute approximate surface area is 64.1 Å². The molecular weight excluding hydrogens is 122 g/mol. The highest BCUT2D eigenvalue weighted by atomic mass is 14.3. The van der Waals surface area contributed by atoms with Crippen LogP contribution < -0.4 is 0 Å². The summed E-state index contributed by atoms with van der Waals surface area (Å²) in [7, 11) is 0. The fraction of sp³-hybridized carbons (Fsp3) is 0.889. The van der Waals surface area contributed by atoms with Crippen LogP contribution in [0.4, 0.5) is 0 Å². The highest BCUT2D eigenvalue weighted by Gasteiger charge is 2.16. The molecule has 0 aliphatic rings. The molecular formula is C9H17N. The topological polar surface area (TPSA) is 23.8 Å². The van der Waals surface area contributed by atoms with Gasteiger partial charge in [0.2, 0.25) is 0 Å². The van der Waals surface area contributed by atoms with Crippen molar-refractivity contribution in [2.75, 3.05) is 0 Å². The number of nitrogens with zero attached hydrogens (tertiary/aromatic N) is 1. The molecule has 1 heteroatoms. The van der Waals surface area contributed by atoms with Crippen molar-refractivity contribution in [1.29, 1.82) is 5.26 Å². The van der Waals surface area contributed by atoms with Gasteiger partial charge in [-0.15, -0.1) is 0 Å². The quantitative estimate of drug-likeness (QED) is 0.577. The molecule has 10 heavy (non-hydrogen) atoms. The molecule has 0 saturated heterocycles. The third kappa shape index (κ3) is 4.38. The molecule has 0 saturated carbocycles. The Hall–Kier alpha value is -0.510. The Morgan fingerprint density at radius 1 is 1.40 bits per heavy atom. The SMILES string of the molecule is CC[C@@H](C#N)CC(C)(C)C. The lowest BCUT2D eigenvalue weighted by Crippen LogP contribution is -2.11. The lowest BCUT2D eigenvalue weighted by molar-refractivity contribution is 0.325. The van der Waals surface area contributed by atoms with Gasteiger partial charge in [0.05, 0.1) is 6.07 Å². The van der Waals surface area contributed by atoms with Crippen molar-refractivity contribution < 1.29 is 0 Å². The summed E-state index contributed by atoms with van der Waals surface area (Å²) in [5.41, 5.74) is 0.302. The third-order valence-electron chi connectivity index (χ3n) is 1.53. The molecule has 0 unspecified atom stereocenters. The van der Waals surface area contributed by atoms with Crippen LogP contribution in [0.25, 0.3) is 0 Å². The molecule has 0 radical (unpaired) electrons. The predicted octanol–water partition coefficient (Wildman–Crippen LogP) is 2.97. The minimum absolute atomic E-state index is 0.250. The molecule has 0 aromatic heterocycles. The fourth-order valence-corrected chi connectivity index (χ4v) is 1.02. The largest absolute Gasteiger partial charge is 0.198 e. The summed E-state index contributed by atoms with van der Waals surface area (Å²) in [6.07, 6.45) is 1.99. The summed E-state index contributed by atoms with van der Waals surface area (Å²) in [6, 6.07) is 2.31. The molecule has 0 aliphatic heterocycles. The summed E-state index contributed by atoms with van der Waals surface area (Å²) >= 11 is 0. The normalized spacial score (nSPS) is 14.3. The first kappa shape index (κ1) is 9.49. The van der Waals surface area contributed by atoms with E-state index in [1.54, 1.807) is 0 Å². The van der Waals surface area contributed by atoms with Crippen LogP contribution in [-0.4, -0.2) is 0 Å². The van der Waals surface area contributed by atoms with Crippen LogP contribution in [0, 0.1) is 22.7 Å². The first-order valence-electron chi connectivity index (χ1n) is 3.89. The maximum Gasteiger partial charge on any atom is 0.0655 e. The summed E-state index contributed by atoms with van der Waals surface area (Å²) in [5.74, 6) is 0.250. The van der Waals surface area contributed by atoms with E-state index in [2.05, 4.69) is 33.8 Å². The van der Waals surface area contributed by atoms with Crippen molar-refractivity contribution in [2.24, 2.45) is 11.3 Å². The maximum absolute atomic E-state index is 8.64. The van der Waals surface area contributed by atoms with E-state index in [0.717, 1.165) is 12.8 Å². The second kappa shape index (κ2) is 3.61. The van der Waals surface area contributed by atoms with E-state index < -0.39 is 0 Å². The third-order valence-corrected chi connectivity index (χ3v) is 1.53. The second-order valence-electron chi connectivity index (χ2n) is 4.00. The van der Waals surface area contributed by atoms with Gasteiger partial charge in [-0.3, -0.25) is 0 Å². The number of rotatable bonds is 2. The van der Waals surface area contributed by atoms with Crippen molar-refractivity contribution in [3.63, 3.8) is 0 Å². The monoisotopic (exact) mass is 139 g/mol. The molecule has 0 aromatic rings. The highest BCUT2D eigenvalue weighted by molar-refractivity contribution is 4.84. The second-order valence-corrected chi connectivity index (χ2v) is 4.00. The molecule has 0 aromatic carbocycles. The van der Waals surface area contributed by atoms with Crippen LogP contribution in [0.3, 0.4) is 0 Å². The van der Waals surface area contributed by atoms with Crippen LogP contribution in [0.1, 0.15) is 40.5 Å². The zero-order valence-corrected chi connectivity index (χ0v) is 7.44. The average Bonchev–Trinajstić information content (AvgIpc) is 1.81. The van der Waals surface area contributed by atoms with Gasteiger partial charge in [0.15, 0.2) is 0 Å². The highest BCUT2D eigenvalue weighted by Crippen LogP contribution is 2.25. The molecule has 0 rings (SSSR count). The van der Waals surface area contributed by atoms with Gasteiger partial charge in [-0.1, -0.05) is 27.7 Å².